The summed E-state index contributed by atoms with van der Waals surface area (Å²) >= 11 is 0. The first-order chi connectivity index (χ1) is 9.72. The lowest BCUT2D eigenvalue weighted by atomic mass is 10.1. The molecule has 0 fully saturated rings. The van der Waals surface area contributed by atoms with Crippen LogP contribution in [0.25, 0.3) is 0 Å². The van der Waals surface area contributed by atoms with Crippen molar-refractivity contribution in [3.63, 3.8) is 0 Å². The molecule has 20 heavy (non-hydrogen) atoms. The van der Waals surface area contributed by atoms with Crippen LogP contribution in [0.3, 0.4) is 0 Å². The minimum atomic E-state index is -0.424. The fraction of sp³-hybridized carbons (Fsp3) is 0.308. The number of nitrogens with two attached hydrogens (primary N) is 1. The van der Waals surface area contributed by atoms with Gasteiger partial charge in [0.15, 0.2) is 5.82 Å². The van der Waals surface area contributed by atoms with Crippen molar-refractivity contribution in [1.82, 2.24) is 10.1 Å². The summed E-state index contributed by atoms with van der Waals surface area (Å²) < 4.78 is 9.59. The molecule has 0 unspecified atom stereocenters. The zero-order chi connectivity index (χ0) is 14.4. The van der Waals surface area contributed by atoms with Gasteiger partial charge in [-0.15, -0.1) is 0 Å². The largest absolute Gasteiger partial charge is 0.462 e. The van der Waals surface area contributed by atoms with Crippen molar-refractivity contribution in [3.05, 3.63) is 36.0 Å². The number of esters is 1. The number of benzene rings is 1. The maximum absolute atomic E-state index is 11.7. The molecule has 106 valence electrons. The lowest BCUT2D eigenvalue weighted by Gasteiger charge is -2.11. The predicted molar refractivity (Wildman–Crippen MR) is 73.3 cm³/mol. The molecule has 1 aromatic heterocycles. The van der Waals surface area contributed by atoms with E-state index in [1.54, 1.807) is 25.1 Å². The molecule has 0 amide bonds. The van der Waals surface area contributed by atoms with Crippen molar-refractivity contribution in [3.8, 4) is 0 Å². The van der Waals surface area contributed by atoms with Crippen LogP contribution in [-0.2, 0) is 11.2 Å². The van der Waals surface area contributed by atoms with E-state index in [0.717, 1.165) is 0 Å². The van der Waals surface area contributed by atoms with Gasteiger partial charge >= 0.3 is 5.97 Å². The van der Waals surface area contributed by atoms with Gasteiger partial charge in [-0.2, -0.15) is 4.98 Å². The third-order valence-corrected chi connectivity index (χ3v) is 2.67. The van der Waals surface area contributed by atoms with E-state index in [1.807, 2.05) is 0 Å². The summed E-state index contributed by atoms with van der Waals surface area (Å²) in [5, 5.41) is 6.84. The van der Waals surface area contributed by atoms with Gasteiger partial charge in [-0.3, -0.25) is 0 Å². The van der Waals surface area contributed by atoms with Crippen molar-refractivity contribution in [2.45, 2.75) is 13.3 Å². The molecule has 1 aromatic carbocycles. The number of nitrogens with zero attached hydrogens (tertiary/aromatic N) is 2. The Bertz CT molecular complexity index is 569. The number of para-hydroxylation sites is 1. The van der Waals surface area contributed by atoms with Gasteiger partial charge in [0, 0.05) is 13.0 Å². The Kier molecular flexibility index (Phi) is 4.54. The third-order valence-electron chi connectivity index (χ3n) is 2.67. The van der Waals surface area contributed by atoms with Crippen LogP contribution in [0, 0.1) is 0 Å². The standard InChI is InChI=1S/C13H16N4O3/c1-2-19-13(18)9-4-3-5-10(12(9)14)15-7-6-11-16-8-20-17-11/h3-5,8,15H,2,6-7,14H2,1H3. The lowest BCUT2D eigenvalue weighted by Crippen LogP contribution is -2.12. The van der Waals surface area contributed by atoms with E-state index in [0.29, 0.717) is 42.3 Å². The summed E-state index contributed by atoms with van der Waals surface area (Å²) in [6, 6.07) is 5.19. The highest BCUT2D eigenvalue weighted by Gasteiger charge is 2.13. The van der Waals surface area contributed by atoms with Gasteiger partial charge in [0.05, 0.1) is 23.5 Å². The van der Waals surface area contributed by atoms with Crippen LogP contribution in [0.5, 0.6) is 0 Å². The predicted octanol–water partition coefficient (Wildman–Crippen LogP) is 1.48. The van der Waals surface area contributed by atoms with E-state index in [1.165, 1.54) is 6.39 Å². The van der Waals surface area contributed by atoms with E-state index in [9.17, 15) is 4.79 Å². The summed E-state index contributed by atoms with van der Waals surface area (Å²) in [6.45, 7) is 2.64. The summed E-state index contributed by atoms with van der Waals surface area (Å²) in [6.07, 6.45) is 1.88. The molecule has 0 saturated carbocycles. The minimum absolute atomic E-state index is 0.313. The fourth-order valence-electron chi connectivity index (χ4n) is 1.72. The number of rotatable bonds is 6. The Morgan fingerprint density at radius 2 is 2.35 bits per heavy atom. The zero-order valence-electron chi connectivity index (χ0n) is 11.1. The molecule has 2 aromatic rings. The van der Waals surface area contributed by atoms with Crippen LogP contribution in [-0.4, -0.2) is 29.3 Å². The van der Waals surface area contributed by atoms with Crippen LogP contribution < -0.4 is 11.1 Å². The number of nitrogen functional groups attached to an aromatic ring is 1. The number of nitrogens with one attached hydrogen (secondary N) is 1. The highest BCUT2D eigenvalue weighted by Crippen LogP contribution is 2.23. The molecule has 7 nitrogen and oxygen atoms in total. The number of hydrogen-bond donors (Lipinski definition) is 2. The van der Waals surface area contributed by atoms with Gasteiger partial charge in [-0.1, -0.05) is 11.2 Å². The number of ether oxygens (including phenoxy) is 1. The Morgan fingerprint density at radius 3 is 3.05 bits per heavy atom. The maximum atomic E-state index is 11.7. The Morgan fingerprint density at radius 1 is 1.50 bits per heavy atom. The second-order valence-electron chi connectivity index (χ2n) is 4.01. The molecule has 1 heterocycles. The van der Waals surface area contributed by atoms with Crippen LogP contribution >= 0.6 is 0 Å². The van der Waals surface area contributed by atoms with E-state index in [2.05, 4.69) is 20.0 Å². The fourth-order valence-corrected chi connectivity index (χ4v) is 1.72. The molecule has 0 aliphatic carbocycles. The minimum Gasteiger partial charge on any atom is -0.462 e. The second kappa shape index (κ2) is 6.55. The highest BCUT2D eigenvalue weighted by atomic mass is 16.5. The summed E-state index contributed by atoms with van der Waals surface area (Å²) in [5.41, 5.74) is 7.37. The van der Waals surface area contributed by atoms with Crippen molar-refractivity contribution in [2.24, 2.45) is 0 Å². The first-order valence-electron chi connectivity index (χ1n) is 6.27. The highest BCUT2D eigenvalue weighted by molar-refractivity contribution is 5.98. The van der Waals surface area contributed by atoms with Crippen molar-refractivity contribution >= 4 is 17.3 Å². The van der Waals surface area contributed by atoms with E-state index in [-0.39, 0.29) is 0 Å². The quantitative estimate of drug-likeness (QED) is 0.608. The van der Waals surface area contributed by atoms with E-state index in [4.69, 9.17) is 10.5 Å². The molecule has 0 radical (unpaired) electrons. The number of aromatic nitrogens is 2. The first-order valence-corrected chi connectivity index (χ1v) is 6.27. The van der Waals surface area contributed by atoms with Crippen molar-refractivity contribution in [2.75, 3.05) is 24.2 Å². The topological polar surface area (TPSA) is 103 Å². The summed E-state index contributed by atoms with van der Waals surface area (Å²) in [4.78, 5) is 15.6. The smallest absolute Gasteiger partial charge is 0.340 e. The SMILES string of the molecule is CCOC(=O)c1cccc(NCCc2ncon2)c1N. The normalized spacial score (nSPS) is 10.2. The molecule has 0 bridgehead atoms. The van der Waals surface area contributed by atoms with Gasteiger partial charge < -0.3 is 20.3 Å². The molecular weight excluding hydrogens is 260 g/mol. The molecule has 0 spiro atoms. The Balaban J connectivity index is 2.01. The monoisotopic (exact) mass is 276 g/mol. The number of carbonyl (C=O) groups excluding carboxylic acids is 1. The molecule has 2 rings (SSSR count). The molecule has 0 aliphatic heterocycles. The average molecular weight is 276 g/mol. The van der Waals surface area contributed by atoms with Gasteiger partial charge in [-0.25, -0.2) is 4.79 Å². The van der Waals surface area contributed by atoms with Gasteiger partial charge in [-0.05, 0) is 19.1 Å². The maximum Gasteiger partial charge on any atom is 0.340 e. The van der Waals surface area contributed by atoms with Crippen LogP contribution in [0.1, 0.15) is 23.1 Å². The Labute approximate surface area is 116 Å². The molecule has 3 N–H and O–H groups in total. The van der Waals surface area contributed by atoms with Crippen molar-refractivity contribution in [1.29, 1.82) is 0 Å². The molecule has 0 saturated heterocycles. The lowest BCUT2D eigenvalue weighted by molar-refractivity contribution is 0.0527. The van der Waals surface area contributed by atoms with E-state index >= 15 is 0 Å². The summed E-state index contributed by atoms with van der Waals surface area (Å²) in [7, 11) is 0. The molecule has 0 aliphatic rings. The van der Waals surface area contributed by atoms with Gasteiger partial charge in [0.25, 0.3) is 0 Å². The molecule has 7 heteroatoms. The third kappa shape index (κ3) is 3.25. The zero-order valence-corrected chi connectivity index (χ0v) is 11.1. The van der Waals surface area contributed by atoms with Crippen molar-refractivity contribution < 1.29 is 14.1 Å². The number of carbonyl (C=O) groups is 1. The second-order valence-corrected chi connectivity index (χ2v) is 4.01. The van der Waals surface area contributed by atoms with Gasteiger partial charge in [0.1, 0.15) is 0 Å². The first kappa shape index (κ1) is 13.9. The number of hydrogen-bond acceptors (Lipinski definition) is 7. The van der Waals surface area contributed by atoms with Crippen LogP contribution in [0.4, 0.5) is 11.4 Å². The van der Waals surface area contributed by atoms with Gasteiger partial charge in [0.2, 0.25) is 6.39 Å². The summed E-state index contributed by atoms with van der Waals surface area (Å²) in [5.74, 6) is 0.185. The molecular formula is C13H16N4O3. The van der Waals surface area contributed by atoms with Crippen LogP contribution in [0.2, 0.25) is 0 Å². The number of anilines is 2. The molecule has 0 atom stereocenters. The van der Waals surface area contributed by atoms with Crippen LogP contribution in [0.15, 0.2) is 29.1 Å². The Hall–Kier alpha value is -2.57. The van der Waals surface area contributed by atoms with E-state index < -0.39 is 5.97 Å². The average Bonchev–Trinajstić information content (AvgIpc) is 2.94.